The smallest absolute Gasteiger partial charge is 0.251 e. The molecule has 2 aromatic carbocycles. The van der Waals surface area contributed by atoms with Crippen LogP contribution >= 0.6 is 0 Å². The molecule has 0 unspecified atom stereocenters. The van der Waals surface area contributed by atoms with Gasteiger partial charge in [0, 0.05) is 43.3 Å². The van der Waals surface area contributed by atoms with Gasteiger partial charge in [-0.1, -0.05) is 6.07 Å². The van der Waals surface area contributed by atoms with Crippen molar-refractivity contribution in [3.05, 3.63) is 54.1 Å². The molecule has 0 aromatic heterocycles. The van der Waals surface area contributed by atoms with Crippen LogP contribution in [0.3, 0.4) is 0 Å². The maximum atomic E-state index is 12.2. The quantitative estimate of drug-likeness (QED) is 0.435. The largest absolute Gasteiger partial charge is 0.491 e. The zero-order valence-corrected chi connectivity index (χ0v) is 17.4. The third kappa shape index (κ3) is 8.50. The lowest BCUT2D eigenvalue weighted by Crippen LogP contribution is -2.26. The minimum Gasteiger partial charge on any atom is -0.491 e. The Morgan fingerprint density at radius 3 is 2.50 bits per heavy atom. The van der Waals surface area contributed by atoms with Gasteiger partial charge in [-0.25, -0.2) is 0 Å². The number of hydrogen-bond donors (Lipinski definition) is 3. The van der Waals surface area contributed by atoms with E-state index in [4.69, 9.17) is 14.2 Å². The molecule has 162 valence electrons. The predicted octanol–water partition coefficient (Wildman–Crippen LogP) is 2.53. The lowest BCUT2D eigenvalue weighted by molar-refractivity contribution is -0.114. The van der Waals surface area contributed by atoms with Crippen LogP contribution in [0.15, 0.2) is 48.5 Å². The highest BCUT2D eigenvalue weighted by atomic mass is 16.5. The number of nitrogens with one attached hydrogen (secondary N) is 3. The molecule has 0 aliphatic rings. The normalized spacial score (nSPS) is 10.3. The van der Waals surface area contributed by atoms with Gasteiger partial charge in [-0.2, -0.15) is 0 Å². The number of carbonyl (C=O) groups is 2. The average molecular weight is 415 g/mol. The first-order valence-corrected chi connectivity index (χ1v) is 9.84. The molecule has 30 heavy (non-hydrogen) atoms. The van der Waals surface area contributed by atoms with E-state index in [1.807, 2.05) is 19.1 Å². The summed E-state index contributed by atoms with van der Waals surface area (Å²) in [6, 6.07) is 14.1. The lowest BCUT2D eigenvalue weighted by atomic mass is 10.2. The third-order valence-electron chi connectivity index (χ3n) is 4.01. The Bertz CT molecular complexity index is 796. The van der Waals surface area contributed by atoms with Crippen LogP contribution in [0.5, 0.6) is 5.75 Å². The summed E-state index contributed by atoms with van der Waals surface area (Å²) in [6.45, 7) is 4.56. The van der Waals surface area contributed by atoms with E-state index in [1.54, 1.807) is 43.5 Å². The maximum Gasteiger partial charge on any atom is 0.251 e. The van der Waals surface area contributed by atoms with E-state index in [0.717, 1.165) is 5.69 Å². The summed E-state index contributed by atoms with van der Waals surface area (Å²) >= 11 is 0. The Morgan fingerprint density at radius 1 is 0.967 bits per heavy atom. The molecule has 3 N–H and O–H groups in total. The maximum absolute atomic E-state index is 12.2. The van der Waals surface area contributed by atoms with Gasteiger partial charge in [-0.15, -0.1) is 0 Å². The van der Waals surface area contributed by atoms with Gasteiger partial charge in [0.05, 0.1) is 19.8 Å². The number of methoxy groups -OCH3 is 1. The van der Waals surface area contributed by atoms with Gasteiger partial charge < -0.3 is 30.2 Å². The summed E-state index contributed by atoms with van der Waals surface area (Å²) in [5.74, 6) is 0.308. The van der Waals surface area contributed by atoms with E-state index in [9.17, 15) is 9.59 Å². The van der Waals surface area contributed by atoms with E-state index in [1.165, 1.54) is 0 Å². The van der Waals surface area contributed by atoms with E-state index < -0.39 is 0 Å². The summed E-state index contributed by atoms with van der Waals surface area (Å²) < 4.78 is 15.7. The van der Waals surface area contributed by atoms with Crippen molar-refractivity contribution in [1.29, 1.82) is 0 Å². The van der Waals surface area contributed by atoms with E-state index >= 15 is 0 Å². The first kappa shape index (κ1) is 23.2. The number of carbonyl (C=O) groups excluding carboxylic acids is 2. The second kappa shape index (κ2) is 13.2. The first-order chi connectivity index (χ1) is 14.6. The number of ether oxygens (including phenoxy) is 3. The third-order valence-corrected chi connectivity index (χ3v) is 4.01. The molecule has 0 aliphatic heterocycles. The number of rotatable bonds is 13. The number of amides is 2. The Balaban J connectivity index is 1.77. The van der Waals surface area contributed by atoms with Crippen molar-refractivity contribution in [2.24, 2.45) is 0 Å². The number of benzene rings is 2. The van der Waals surface area contributed by atoms with Gasteiger partial charge in [0.25, 0.3) is 5.91 Å². The molecule has 0 radical (unpaired) electrons. The molecule has 0 aliphatic carbocycles. The van der Waals surface area contributed by atoms with Crippen LogP contribution in [0.25, 0.3) is 0 Å². The molecule has 0 spiro atoms. The second-order valence-corrected chi connectivity index (χ2v) is 6.30. The van der Waals surface area contributed by atoms with E-state index in [2.05, 4.69) is 16.0 Å². The monoisotopic (exact) mass is 415 g/mol. The molecule has 0 saturated heterocycles. The summed E-state index contributed by atoms with van der Waals surface area (Å²) in [6.07, 6.45) is 0. The van der Waals surface area contributed by atoms with Crippen LogP contribution in [-0.2, 0) is 14.3 Å². The molecular formula is C22H29N3O5. The van der Waals surface area contributed by atoms with Crippen LogP contribution in [0.2, 0.25) is 0 Å². The van der Waals surface area contributed by atoms with Gasteiger partial charge in [0.15, 0.2) is 0 Å². The van der Waals surface area contributed by atoms with Gasteiger partial charge >= 0.3 is 0 Å². The zero-order chi connectivity index (χ0) is 21.6. The van der Waals surface area contributed by atoms with Crippen molar-refractivity contribution in [3.63, 3.8) is 0 Å². The summed E-state index contributed by atoms with van der Waals surface area (Å²) in [5.41, 5.74) is 1.94. The van der Waals surface area contributed by atoms with Crippen molar-refractivity contribution in [2.45, 2.75) is 6.92 Å². The molecule has 0 saturated carbocycles. The molecule has 8 nitrogen and oxygen atoms in total. The standard InChI is InChI=1S/C22H29N3O5/c1-3-29-13-14-30-20-6-4-5-19(15-20)25-21(26)16-24-18-9-7-17(8-10-18)22(27)23-11-12-28-2/h4-10,15,24H,3,11-14,16H2,1-2H3,(H,23,27)(H,25,26). The Morgan fingerprint density at radius 2 is 1.77 bits per heavy atom. The molecule has 0 heterocycles. The molecule has 8 heteroatoms. The predicted molar refractivity (Wildman–Crippen MR) is 116 cm³/mol. The summed E-state index contributed by atoms with van der Waals surface area (Å²) in [7, 11) is 1.58. The van der Waals surface area contributed by atoms with Crippen molar-refractivity contribution in [2.75, 3.05) is 57.3 Å². The molecule has 0 bridgehead atoms. The van der Waals surface area contributed by atoms with Gasteiger partial charge in [-0.05, 0) is 43.3 Å². The fourth-order valence-electron chi connectivity index (χ4n) is 2.52. The van der Waals surface area contributed by atoms with Gasteiger partial charge in [-0.3, -0.25) is 9.59 Å². The fourth-order valence-corrected chi connectivity index (χ4v) is 2.52. The fraction of sp³-hybridized carbons (Fsp3) is 0.364. The SMILES string of the molecule is CCOCCOc1cccc(NC(=O)CNc2ccc(C(=O)NCCOC)cc2)c1. The highest BCUT2D eigenvalue weighted by molar-refractivity contribution is 5.95. The summed E-state index contributed by atoms with van der Waals surface area (Å²) in [4.78, 5) is 24.2. The highest BCUT2D eigenvalue weighted by Crippen LogP contribution is 2.17. The van der Waals surface area contributed by atoms with Gasteiger partial charge in [0.2, 0.25) is 5.91 Å². The molecule has 0 atom stereocenters. The van der Waals surface area contributed by atoms with Crippen molar-refractivity contribution in [1.82, 2.24) is 5.32 Å². The van der Waals surface area contributed by atoms with E-state index in [0.29, 0.717) is 50.0 Å². The van der Waals surface area contributed by atoms with Crippen molar-refractivity contribution >= 4 is 23.2 Å². The first-order valence-electron chi connectivity index (χ1n) is 9.84. The molecule has 0 fully saturated rings. The summed E-state index contributed by atoms with van der Waals surface area (Å²) in [5, 5.41) is 8.61. The molecular weight excluding hydrogens is 386 g/mol. The van der Waals surface area contributed by atoms with Crippen LogP contribution in [0, 0.1) is 0 Å². The Kier molecular flexibility index (Phi) is 10.2. The minimum atomic E-state index is -0.192. The zero-order valence-electron chi connectivity index (χ0n) is 17.4. The molecule has 2 rings (SSSR count). The van der Waals surface area contributed by atoms with Crippen LogP contribution < -0.4 is 20.7 Å². The Hall–Kier alpha value is -3.10. The lowest BCUT2D eigenvalue weighted by Gasteiger charge is -2.11. The Labute approximate surface area is 176 Å². The topological polar surface area (TPSA) is 97.9 Å². The average Bonchev–Trinajstić information content (AvgIpc) is 2.76. The molecule has 2 amide bonds. The minimum absolute atomic E-state index is 0.0921. The van der Waals surface area contributed by atoms with Crippen molar-refractivity contribution in [3.8, 4) is 5.75 Å². The van der Waals surface area contributed by atoms with Crippen LogP contribution in [-0.4, -0.2) is 58.4 Å². The van der Waals surface area contributed by atoms with Crippen LogP contribution in [0.4, 0.5) is 11.4 Å². The van der Waals surface area contributed by atoms with Gasteiger partial charge in [0.1, 0.15) is 12.4 Å². The van der Waals surface area contributed by atoms with E-state index in [-0.39, 0.29) is 18.4 Å². The van der Waals surface area contributed by atoms with Crippen LogP contribution in [0.1, 0.15) is 17.3 Å². The number of hydrogen-bond acceptors (Lipinski definition) is 6. The van der Waals surface area contributed by atoms with Crippen molar-refractivity contribution < 1.29 is 23.8 Å². The second-order valence-electron chi connectivity index (χ2n) is 6.30. The highest BCUT2D eigenvalue weighted by Gasteiger charge is 2.06. The molecule has 2 aromatic rings. The number of anilines is 2.